The van der Waals surface area contributed by atoms with Crippen LogP contribution in [0.5, 0.6) is 11.5 Å². The first-order valence-electron chi connectivity index (χ1n) is 4.38. The topological polar surface area (TPSA) is 93.1 Å². The second-order valence-electron chi connectivity index (χ2n) is 3.21. The Morgan fingerprint density at radius 2 is 2.19 bits per heavy atom. The molecule has 0 aliphatic carbocycles. The third kappa shape index (κ3) is 1.24. The van der Waals surface area contributed by atoms with Gasteiger partial charge in [-0.1, -0.05) is 0 Å². The highest BCUT2D eigenvalue weighted by molar-refractivity contribution is 5.98. The Kier molecular flexibility index (Phi) is 2.28. The fraction of sp³-hybridized carbons (Fsp3) is 0.200. The van der Waals surface area contributed by atoms with Crippen LogP contribution < -0.4 is 0 Å². The number of esters is 1. The SMILES string of the molecule is CO[C@@H]1OC(=O)c2cc(O)c(C=O)c(O)c21. The second-order valence-corrected chi connectivity index (χ2v) is 3.21. The Labute approximate surface area is 90.0 Å². The highest BCUT2D eigenvalue weighted by atomic mass is 16.7. The summed E-state index contributed by atoms with van der Waals surface area (Å²) in [7, 11) is 1.29. The molecular weight excluding hydrogens is 216 g/mol. The smallest absolute Gasteiger partial charge is 0.341 e. The van der Waals surface area contributed by atoms with Crippen LogP contribution >= 0.6 is 0 Å². The minimum absolute atomic E-state index is 0.00699. The van der Waals surface area contributed by atoms with Crippen LogP contribution in [-0.4, -0.2) is 29.6 Å². The first-order valence-corrected chi connectivity index (χ1v) is 4.38. The number of aldehydes is 1. The van der Waals surface area contributed by atoms with Gasteiger partial charge in [0.05, 0.1) is 16.7 Å². The molecule has 1 aromatic carbocycles. The number of phenolic OH excluding ortho intramolecular Hbond substituents is 2. The number of rotatable bonds is 2. The molecule has 1 aliphatic heterocycles. The lowest BCUT2D eigenvalue weighted by molar-refractivity contribution is -0.0823. The average molecular weight is 224 g/mol. The molecule has 2 rings (SSSR count). The molecule has 0 bridgehead atoms. The number of hydrogen-bond acceptors (Lipinski definition) is 6. The second kappa shape index (κ2) is 3.49. The molecule has 2 N–H and O–H groups in total. The molecule has 6 nitrogen and oxygen atoms in total. The standard InChI is InChI=1S/C10H8O6/c1-15-10-7-4(9(14)16-10)2-6(12)5(3-11)8(7)13/h2-3,10,12-13H,1H3/t10-/m1/s1. The molecule has 0 saturated heterocycles. The van der Waals surface area contributed by atoms with Gasteiger partial charge < -0.3 is 19.7 Å². The summed E-state index contributed by atoms with van der Waals surface area (Å²) < 4.78 is 9.60. The van der Waals surface area contributed by atoms with Crippen LogP contribution in [0.4, 0.5) is 0 Å². The van der Waals surface area contributed by atoms with Gasteiger partial charge in [-0.15, -0.1) is 0 Å². The van der Waals surface area contributed by atoms with Crippen molar-refractivity contribution in [1.29, 1.82) is 0 Å². The van der Waals surface area contributed by atoms with E-state index in [1.54, 1.807) is 0 Å². The number of cyclic esters (lactones) is 1. The van der Waals surface area contributed by atoms with Crippen molar-refractivity contribution in [3.63, 3.8) is 0 Å². The van der Waals surface area contributed by atoms with Crippen LogP contribution in [0, 0.1) is 0 Å². The molecule has 1 aromatic rings. The molecule has 6 heteroatoms. The van der Waals surface area contributed by atoms with Gasteiger partial charge in [0.2, 0.25) is 6.29 Å². The summed E-state index contributed by atoms with van der Waals surface area (Å²) in [5.41, 5.74) is -0.237. The van der Waals surface area contributed by atoms with Crippen molar-refractivity contribution in [2.45, 2.75) is 6.29 Å². The van der Waals surface area contributed by atoms with E-state index in [1.165, 1.54) is 7.11 Å². The first-order chi connectivity index (χ1) is 7.60. The molecule has 0 fully saturated rings. The minimum Gasteiger partial charge on any atom is -0.507 e. The van der Waals surface area contributed by atoms with Gasteiger partial charge in [0.1, 0.15) is 11.5 Å². The summed E-state index contributed by atoms with van der Waals surface area (Å²) in [6, 6.07) is 1.07. The number of ether oxygens (including phenoxy) is 2. The zero-order valence-corrected chi connectivity index (χ0v) is 8.26. The zero-order chi connectivity index (χ0) is 11.9. The lowest BCUT2D eigenvalue weighted by atomic mass is 10.0. The van der Waals surface area contributed by atoms with Gasteiger partial charge in [-0.25, -0.2) is 4.79 Å². The number of carbonyl (C=O) groups is 2. The van der Waals surface area contributed by atoms with E-state index in [0.717, 1.165) is 6.07 Å². The Morgan fingerprint density at radius 1 is 1.50 bits per heavy atom. The maximum atomic E-state index is 11.3. The van der Waals surface area contributed by atoms with Crippen LogP contribution in [0.25, 0.3) is 0 Å². The largest absolute Gasteiger partial charge is 0.507 e. The first kappa shape index (κ1) is 10.4. The molecule has 84 valence electrons. The highest BCUT2D eigenvalue weighted by Crippen LogP contribution is 2.42. The summed E-state index contributed by atoms with van der Waals surface area (Å²) in [5.74, 6) is -1.69. The lowest BCUT2D eigenvalue weighted by Crippen LogP contribution is -2.00. The summed E-state index contributed by atoms with van der Waals surface area (Å²) in [5, 5.41) is 19.1. The quantitative estimate of drug-likeness (QED) is 0.568. The average Bonchev–Trinajstić information content (AvgIpc) is 2.56. The van der Waals surface area contributed by atoms with Crippen LogP contribution in [0.15, 0.2) is 6.07 Å². The van der Waals surface area contributed by atoms with Crippen LogP contribution in [0.1, 0.15) is 32.6 Å². The molecular formula is C10H8O6. The molecule has 0 radical (unpaired) electrons. The normalized spacial score (nSPS) is 18.1. The Hall–Kier alpha value is -2.08. The molecule has 16 heavy (non-hydrogen) atoms. The highest BCUT2D eigenvalue weighted by Gasteiger charge is 2.36. The molecule has 0 spiro atoms. The number of phenols is 2. The summed E-state index contributed by atoms with van der Waals surface area (Å²) in [6.07, 6.45) is -0.762. The van der Waals surface area contributed by atoms with Crippen molar-refractivity contribution < 1.29 is 29.3 Å². The molecule has 1 atom stereocenters. The van der Waals surface area contributed by atoms with Gasteiger partial charge in [0.15, 0.2) is 6.29 Å². The van der Waals surface area contributed by atoms with Crippen molar-refractivity contribution >= 4 is 12.3 Å². The van der Waals surface area contributed by atoms with E-state index >= 15 is 0 Å². The van der Waals surface area contributed by atoms with Gasteiger partial charge in [0.25, 0.3) is 0 Å². The van der Waals surface area contributed by atoms with Crippen molar-refractivity contribution in [3.8, 4) is 11.5 Å². The van der Waals surface area contributed by atoms with Gasteiger partial charge in [0, 0.05) is 7.11 Å². The van der Waals surface area contributed by atoms with Crippen LogP contribution in [0.2, 0.25) is 0 Å². The van der Waals surface area contributed by atoms with Gasteiger partial charge in [-0.05, 0) is 6.07 Å². The Morgan fingerprint density at radius 3 is 2.75 bits per heavy atom. The van der Waals surface area contributed by atoms with Crippen molar-refractivity contribution in [3.05, 3.63) is 22.8 Å². The summed E-state index contributed by atoms with van der Waals surface area (Å²) >= 11 is 0. The minimum atomic E-state index is -1.05. The zero-order valence-electron chi connectivity index (χ0n) is 8.26. The number of carbonyl (C=O) groups excluding carboxylic acids is 2. The predicted molar refractivity (Wildman–Crippen MR) is 50.3 cm³/mol. The van der Waals surface area contributed by atoms with Crippen LogP contribution in [-0.2, 0) is 9.47 Å². The number of methoxy groups -OCH3 is 1. The lowest BCUT2D eigenvalue weighted by Gasteiger charge is -2.10. The van der Waals surface area contributed by atoms with E-state index in [-0.39, 0.29) is 16.7 Å². The molecule has 1 heterocycles. The third-order valence-corrected chi connectivity index (χ3v) is 2.36. The van der Waals surface area contributed by atoms with Crippen molar-refractivity contribution in [1.82, 2.24) is 0 Å². The fourth-order valence-electron chi connectivity index (χ4n) is 1.60. The number of aromatic hydroxyl groups is 2. The van der Waals surface area contributed by atoms with Gasteiger partial charge in [-0.3, -0.25) is 4.79 Å². The number of fused-ring (bicyclic) bond motifs is 1. The number of benzene rings is 1. The molecule has 1 aliphatic rings. The Balaban J connectivity index is 2.72. The number of hydrogen-bond donors (Lipinski definition) is 2. The molecule has 0 amide bonds. The van der Waals surface area contributed by atoms with Gasteiger partial charge in [-0.2, -0.15) is 0 Å². The van der Waals surface area contributed by atoms with E-state index < -0.39 is 23.8 Å². The van der Waals surface area contributed by atoms with E-state index in [1.807, 2.05) is 0 Å². The van der Waals surface area contributed by atoms with Gasteiger partial charge >= 0.3 is 5.97 Å². The van der Waals surface area contributed by atoms with Crippen molar-refractivity contribution in [2.24, 2.45) is 0 Å². The van der Waals surface area contributed by atoms with Crippen LogP contribution in [0.3, 0.4) is 0 Å². The fourth-order valence-corrected chi connectivity index (χ4v) is 1.60. The third-order valence-electron chi connectivity index (χ3n) is 2.36. The van der Waals surface area contributed by atoms with Crippen molar-refractivity contribution in [2.75, 3.05) is 7.11 Å². The predicted octanol–water partition coefficient (Wildman–Crippen LogP) is 0.726. The van der Waals surface area contributed by atoms with E-state index in [2.05, 4.69) is 0 Å². The van der Waals surface area contributed by atoms with E-state index in [9.17, 15) is 19.8 Å². The molecule has 0 unspecified atom stereocenters. The molecule has 0 aromatic heterocycles. The maximum Gasteiger partial charge on any atom is 0.341 e. The summed E-state index contributed by atoms with van der Waals surface area (Å²) in [6.45, 7) is 0. The summed E-state index contributed by atoms with van der Waals surface area (Å²) in [4.78, 5) is 22.0. The van der Waals surface area contributed by atoms with E-state index in [4.69, 9.17) is 9.47 Å². The maximum absolute atomic E-state index is 11.3. The Bertz CT molecular complexity index is 479. The molecule has 0 saturated carbocycles. The van der Waals surface area contributed by atoms with E-state index in [0.29, 0.717) is 6.29 Å². The monoisotopic (exact) mass is 224 g/mol.